The van der Waals surface area contributed by atoms with Gasteiger partial charge < -0.3 is 20.1 Å². The molecule has 8 heteroatoms. The van der Waals surface area contributed by atoms with Crippen molar-refractivity contribution in [3.63, 3.8) is 0 Å². The maximum atomic E-state index is 6.21. The van der Waals surface area contributed by atoms with E-state index in [0.717, 1.165) is 67.6 Å². The summed E-state index contributed by atoms with van der Waals surface area (Å²) in [6, 6.07) is 8.20. The van der Waals surface area contributed by atoms with E-state index in [1.54, 1.807) is 7.11 Å². The number of ether oxygens (including phenoxy) is 2. The van der Waals surface area contributed by atoms with E-state index in [0.29, 0.717) is 12.6 Å². The molecule has 2 N–H and O–H groups in total. The first-order valence-electron chi connectivity index (χ1n) is 11.5. The zero-order chi connectivity index (χ0) is 22.1. The minimum Gasteiger partial charge on any atom is -0.493 e. The smallest absolute Gasteiger partial charge is 0.191 e. The first kappa shape index (κ1) is 26.3. The van der Waals surface area contributed by atoms with Crippen molar-refractivity contribution in [1.29, 1.82) is 0 Å². The van der Waals surface area contributed by atoms with E-state index in [-0.39, 0.29) is 24.0 Å². The summed E-state index contributed by atoms with van der Waals surface area (Å²) in [4.78, 5) is 4.75. The maximum Gasteiger partial charge on any atom is 0.191 e. The number of aromatic nitrogens is 2. The van der Waals surface area contributed by atoms with Crippen LogP contribution in [-0.2, 0) is 13.1 Å². The zero-order valence-corrected chi connectivity index (χ0v) is 22.1. The van der Waals surface area contributed by atoms with Gasteiger partial charge in [0.1, 0.15) is 0 Å². The molecule has 1 aromatic carbocycles. The highest BCUT2D eigenvalue weighted by Gasteiger charge is 2.18. The molecule has 0 aliphatic heterocycles. The van der Waals surface area contributed by atoms with Crippen molar-refractivity contribution in [2.24, 2.45) is 4.99 Å². The maximum absolute atomic E-state index is 6.21. The zero-order valence-electron chi connectivity index (χ0n) is 19.8. The van der Waals surface area contributed by atoms with Crippen LogP contribution in [-0.4, -0.2) is 42.0 Å². The van der Waals surface area contributed by atoms with Crippen LogP contribution < -0.4 is 20.1 Å². The lowest BCUT2D eigenvalue weighted by Gasteiger charge is -2.17. The van der Waals surface area contributed by atoms with Crippen LogP contribution in [0.5, 0.6) is 11.5 Å². The van der Waals surface area contributed by atoms with E-state index in [2.05, 4.69) is 52.5 Å². The lowest BCUT2D eigenvalue weighted by atomic mass is 10.2. The number of aryl methyl sites for hydroxylation is 3. The Morgan fingerprint density at radius 3 is 2.59 bits per heavy atom. The fourth-order valence-electron chi connectivity index (χ4n) is 3.95. The average Bonchev–Trinajstić information content (AvgIpc) is 3.38. The lowest BCUT2D eigenvalue weighted by Crippen LogP contribution is -2.38. The fraction of sp³-hybridized carbons (Fsp3) is 0.583. The highest BCUT2D eigenvalue weighted by atomic mass is 127. The van der Waals surface area contributed by atoms with Gasteiger partial charge in [0.2, 0.25) is 0 Å². The first-order valence-corrected chi connectivity index (χ1v) is 11.5. The van der Waals surface area contributed by atoms with Crippen molar-refractivity contribution in [2.45, 2.75) is 72.1 Å². The predicted molar refractivity (Wildman–Crippen MR) is 140 cm³/mol. The second kappa shape index (κ2) is 13.5. The molecule has 0 radical (unpaired) electrons. The van der Waals surface area contributed by atoms with Crippen LogP contribution in [0.15, 0.2) is 29.3 Å². The standard InChI is InChI=1S/C24H37N5O2.HI/c1-5-25-24(26-13-8-14-29-19(3)15-18(2)28-29)27-17-20-11-12-22(30-4)23(16-20)31-21-9-6-7-10-21;/h11-12,15-16,21H,5-10,13-14,17H2,1-4H3,(H2,25,26,27);1H. The van der Waals surface area contributed by atoms with Gasteiger partial charge in [0, 0.05) is 25.3 Å². The molecule has 0 amide bonds. The number of halogens is 1. The van der Waals surface area contributed by atoms with Crippen LogP contribution in [0.25, 0.3) is 0 Å². The predicted octanol–water partition coefficient (Wildman–Crippen LogP) is 4.59. The molecule has 1 aliphatic rings. The Morgan fingerprint density at radius 1 is 1.16 bits per heavy atom. The minimum atomic E-state index is 0. The summed E-state index contributed by atoms with van der Waals surface area (Å²) < 4.78 is 13.8. The molecule has 178 valence electrons. The summed E-state index contributed by atoms with van der Waals surface area (Å²) in [5.41, 5.74) is 3.37. The summed E-state index contributed by atoms with van der Waals surface area (Å²) in [6.07, 6.45) is 6.01. The molecule has 0 spiro atoms. The van der Waals surface area contributed by atoms with Gasteiger partial charge in [-0.15, -0.1) is 24.0 Å². The van der Waals surface area contributed by atoms with Crippen LogP contribution in [0.3, 0.4) is 0 Å². The van der Waals surface area contributed by atoms with Crippen LogP contribution >= 0.6 is 24.0 Å². The number of hydrogen-bond donors (Lipinski definition) is 2. The quantitative estimate of drug-likeness (QED) is 0.194. The third kappa shape index (κ3) is 7.86. The van der Waals surface area contributed by atoms with E-state index in [1.165, 1.54) is 18.5 Å². The van der Waals surface area contributed by atoms with E-state index in [9.17, 15) is 0 Å². The largest absolute Gasteiger partial charge is 0.493 e. The molecular weight excluding hydrogens is 517 g/mol. The monoisotopic (exact) mass is 555 g/mol. The van der Waals surface area contributed by atoms with Gasteiger partial charge in [-0.1, -0.05) is 6.07 Å². The molecule has 0 atom stereocenters. The Balaban J connectivity index is 0.00000363. The van der Waals surface area contributed by atoms with Crippen LogP contribution in [0.4, 0.5) is 0 Å². The normalized spacial score (nSPS) is 14.2. The summed E-state index contributed by atoms with van der Waals surface area (Å²) in [7, 11) is 1.69. The van der Waals surface area contributed by atoms with Gasteiger partial charge in [-0.25, -0.2) is 4.99 Å². The molecule has 0 unspecified atom stereocenters. The molecule has 3 rings (SSSR count). The van der Waals surface area contributed by atoms with Gasteiger partial charge >= 0.3 is 0 Å². The van der Waals surface area contributed by atoms with E-state index < -0.39 is 0 Å². The number of nitrogens with zero attached hydrogens (tertiary/aromatic N) is 3. The molecule has 1 saturated carbocycles. The number of aliphatic imine (C=N–C) groups is 1. The average molecular weight is 556 g/mol. The molecule has 1 heterocycles. The first-order chi connectivity index (χ1) is 15.1. The fourth-order valence-corrected chi connectivity index (χ4v) is 3.95. The molecule has 1 aromatic heterocycles. The van der Waals surface area contributed by atoms with Gasteiger partial charge in [0.05, 0.1) is 25.5 Å². The molecule has 1 fully saturated rings. The Bertz CT molecular complexity index is 862. The Morgan fingerprint density at radius 2 is 1.94 bits per heavy atom. The van der Waals surface area contributed by atoms with Crippen molar-refractivity contribution in [1.82, 2.24) is 20.4 Å². The van der Waals surface area contributed by atoms with Gasteiger partial charge in [0.15, 0.2) is 17.5 Å². The van der Waals surface area contributed by atoms with Gasteiger partial charge in [-0.3, -0.25) is 4.68 Å². The van der Waals surface area contributed by atoms with Crippen molar-refractivity contribution < 1.29 is 9.47 Å². The second-order valence-electron chi connectivity index (χ2n) is 8.14. The molecule has 7 nitrogen and oxygen atoms in total. The third-order valence-corrected chi connectivity index (χ3v) is 5.53. The molecule has 1 aliphatic carbocycles. The molecule has 0 bridgehead atoms. The van der Waals surface area contributed by atoms with Crippen LogP contribution in [0, 0.1) is 13.8 Å². The molecule has 32 heavy (non-hydrogen) atoms. The van der Waals surface area contributed by atoms with E-state index in [4.69, 9.17) is 14.5 Å². The van der Waals surface area contributed by atoms with Crippen molar-refractivity contribution in [3.05, 3.63) is 41.2 Å². The molecular formula is C24H38IN5O2. The summed E-state index contributed by atoms with van der Waals surface area (Å²) >= 11 is 0. The molecule has 0 saturated heterocycles. The summed E-state index contributed by atoms with van der Waals surface area (Å²) in [6.45, 7) is 9.34. The van der Waals surface area contributed by atoms with E-state index in [1.807, 2.05) is 13.0 Å². The number of guanidine groups is 1. The number of benzene rings is 1. The SMILES string of the molecule is CCNC(=NCc1ccc(OC)c(OC2CCCC2)c1)NCCCn1nc(C)cc1C.I. The lowest BCUT2D eigenvalue weighted by molar-refractivity contribution is 0.200. The Hall–Kier alpha value is -1.97. The highest BCUT2D eigenvalue weighted by molar-refractivity contribution is 14.0. The Kier molecular flexibility index (Phi) is 11.1. The minimum absolute atomic E-state index is 0. The topological polar surface area (TPSA) is 72.7 Å². The Labute approximate surface area is 209 Å². The van der Waals surface area contributed by atoms with Crippen LogP contribution in [0.1, 0.15) is 56.0 Å². The number of hydrogen-bond acceptors (Lipinski definition) is 4. The number of methoxy groups -OCH3 is 1. The number of rotatable bonds is 10. The summed E-state index contributed by atoms with van der Waals surface area (Å²) in [5, 5.41) is 11.3. The molecule has 2 aromatic rings. The van der Waals surface area contributed by atoms with E-state index >= 15 is 0 Å². The van der Waals surface area contributed by atoms with Crippen molar-refractivity contribution in [2.75, 3.05) is 20.2 Å². The van der Waals surface area contributed by atoms with Gasteiger partial charge in [-0.2, -0.15) is 5.10 Å². The van der Waals surface area contributed by atoms with Crippen molar-refractivity contribution >= 4 is 29.9 Å². The summed E-state index contributed by atoms with van der Waals surface area (Å²) in [5.74, 6) is 2.43. The number of nitrogens with one attached hydrogen (secondary N) is 2. The third-order valence-electron chi connectivity index (χ3n) is 5.53. The highest BCUT2D eigenvalue weighted by Crippen LogP contribution is 2.32. The van der Waals surface area contributed by atoms with Crippen molar-refractivity contribution in [3.8, 4) is 11.5 Å². The van der Waals surface area contributed by atoms with Gasteiger partial charge in [-0.05, 0) is 76.6 Å². The van der Waals surface area contributed by atoms with Crippen LogP contribution in [0.2, 0.25) is 0 Å². The van der Waals surface area contributed by atoms with Gasteiger partial charge in [0.25, 0.3) is 0 Å². The second-order valence-corrected chi connectivity index (χ2v) is 8.14.